The highest BCUT2D eigenvalue weighted by molar-refractivity contribution is 6.33. The smallest absolute Gasteiger partial charge is 0.125 e. The Morgan fingerprint density at radius 3 is 2.17 bits per heavy atom. The van der Waals surface area contributed by atoms with Crippen LogP contribution in [0.25, 0.3) is 11.1 Å². The Labute approximate surface area is 110 Å². The molecule has 0 aliphatic carbocycles. The maximum Gasteiger partial charge on any atom is 0.125 e. The second-order valence-electron chi connectivity index (χ2n) is 3.64. The lowest BCUT2D eigenvalue weighted by molar-refractivity contribution is 0.394. The molecule has 0 aliphatic heterocycles. The molecule has 0 saturated carbocycles. The van der Waals surface area contributed by atoms with Crippen LogP contribution in [-0.4, -0.2) is 14.2 Å². The summed E-state index contributed by atoms with van der Waals surface area (Å²) in [7, 11) is 3.13. The monoisotopic (exact) mass is 265 g/mol. The summed E-state index contributed by atoms with van der Waals surface area (Å²) in [5.41, 5.74) is 1.37. The highest BCUT2D eigenvalue weighted by Gasteiger charge is 2.08. The zero-order valence-electron chi connectivity index (χ0n) is 9.96. The Morgan fingerprint density at radius 2 is 1.67 bits per heavy atom. The summed E-state index contributed by atoms with van der Waals surface area (Å²) in [5.74, 6) is 0.856. The summed E-state index contributed by atoms with van der Waals surface area (Å²) in [4.78, 5) is 0. The molecule has 0 amide bonds. The van der Waals surface area contributed by atoms with E-state index in [2.05, 4.69) is 6.07 Å². The van der Waals surface area contributed by atoms with E-state index in [9.17, 15) is 4.39 Å². The molecule has 0 spiro atoms. The second-order valence-corrected chi connectivity index (χ2v) is 4.05. The first-order valence-corrected chi connectivity index (χ1v) is 5.62. The molecular weight excluding hydrogens is 255 g/mol. The van der Waals surface area contributed by atoms with Crippen LogP contribution in [0, 0.1) is 11.9 Å². The van der Waals surface area contributed by atoms with Gasteiger partial charge in [-0.2, -0.15) is 0 Å². The van der Waals surface area contributed by atoms with Crippen molar-refractivity contribution in [1.29, 1.82) is 0 Å². The summed E-state index contributed by atoms with van der Waals surface area (Å²) in [6, 6.07) is 10.6. The molecule has 93 valence electrons. The van der Waals surface area contributed by atoms with Crippen molar-refractivity contribution in [3.63, 3.8) is 0 Å². The van der Waals surface area contributed by atoms with Crippen LogP contribution < -0.4 is 9.47 Å². The van der Waals surface area contributed by atoms with Gasteiger partial charge in [0.1, 0.15) is 17.3 Å². The van der Waals surface area contributed by atoms with E-state index in [0.29, 0.717) is 22.1 Å². The fourth-order valence-electron chi connectivity index (χ4n) is 1.62. The van der Waals surface area contributed by atoms with Gasteiger partial charge in [-0.3, -0.25) is 0 Å². The van der Waals surface area contributed by atoms with Gasteiger partial charge in [-0.25, -0.2) is 4.39 Å². The molecule has 2 aromatic rings. The Kier molecular flexibility index (Phi) is 3.72. The van der Waals surface area contributed by atoms with Crippen molar-refractivity contribution < 1.29 is 13.9 Å². The number of hydrogen-bond donors (Lipinski definition) is 0. The molecule has 1 radical (unpaired) electrons. The number of ether oxygens (including phenoxy) is 2. The maximum absolute atomic E-state index is 13.0. The highest BCUT2D eigenvalue weighted by atomic mass is 35.5. The summed E-state index contributed by atoms with van der Waals surface area (Å²) >= 11 is 6.00. The quantitative estimate of drug-likeness (QED) is 0.836. The zero-order chi connectivity index (χ0) is 13.1. The third-order valence-electron chi connectivity index (χ3n) is 2.50. The van der Waals surface area contributed by atoms with Gasteiger partial charge in [0.25, 0.3) is 0 Å². The lowest BCUT2D eigenvalue weighted by atomic mass is 10.0. The molecule has 0 saturated heterocycles. The molecule has 0 fully saturated rings. The van der Waals surface area contributed by atoms with Crippen LogP contribution in [0.2, 0.25) is 5.02 Å². The van der Waals surface area contributed by atoms with Gasteiger partial charge in [-0.05, 0) is 35.9 Å². The number of benzene rings is 2. The van der Waals surface area contributed by atoms with Crippen LogP contribution in [0.15, 0.2) is 30.3 Å². The first kappa shape index (κ1) is 12.7. The maximum atomic E-state index is 13.0. The average Bonchev–Trinajstić information content (AvgIpc) is 2.38. The predicted molar refractivity (Wildman–Crippen MR) is 68.8 cm³/mol. The topological polar surface area (TPSA) is 18.5 Å². The van der Waals surface area contributed by atoms with Gasteiger partial charge in [-0.15, -0.1) is 0 Å². The van der Waals surface area contributed by atoms with Gasteiger partial charge in [0.2, 0.25) is 0 Å². The van der Waals surface area contributed by atoms with Gasteiger partial charge >= 0.3 is 0 Å². The van der Waals surface area contributed by atoms with E-state index in [4.69, 9.17) is 21.1 Å². The Morgan fingerprint density at radius 1 is 1.06 bits per heavy atom. The van der Waals surface area contributed by atoms with E-state index < -0.39 is 5.82 Å². The van der Waals surface area contributed by atoms with E-state index in [1.807, 2.05) is 0 Å². The van der Waals surface area contributed by atoms with Crippen molar-refractivity contribution >= 4 is 11.6 Å². The summed E-state index contributed by atoms with van der Waals surface area (Å²) in [5, 5.41) is 0.297. The molecule has 2 aromatic carbocycles. The van der Waals surface area contributed by atoms with Crippen LogP contribution in [0.5, 0.6) is 11.5 Å². The molecule has 0 bridgehead atoms. The molecule has 0 aliphatic rings. The second kappa shape index (κ2) is 5.27. The van der Waals surface area contributed by atoms with E-state index in [-0.39, 0.29) is 0 Å². The SMILES string of the molecule is COc1cc(OC)cc(-c2[c]cc(F)cc2Cl)c1. The van der Waals surface area contributed by atoms with Crippen LogP contribution in [0.3, 0.4) is 0 Å². The first-order valence-electron chi connectivity index (χ1n) is 5.24. The minimum absolute atomic E-state index is 0.297. The largest absolute Gasteiger partial charge is 0.497 e. The lowest BCUT2D eigenvalue weighted by Crippen LogP contribution is -1.89. The fraction of sp³-hybridized carbons (Fsp3) is 0.143. The number of hydrogen-bond acceptors (Lipinski definition) is 2. The summed E-state index contributed by atoms with van der Waals surface area (Å²) < 4.78 is 23.3. The molecule has 18 heavy (non-hydrogen) atoms. The molecule has 2 rings (SSSR count). The molecule has 0 aromatic heterocycles. The lowest BCUT2D eigenvalue weighted by Gasteiger charge is -2.09. The van der Waals surface area contributed by atoms with E-state index in [1.54, 1.807) is 32.4 Å². The van der Waals surface area contributed by atoms with Crippen molar-refractivity contribution in [3.8, 4) is 22.6 Å². The summed E-state index contributed by atoms with van der Waals surface area (Å²) in [6.07, 6.45) is 0. The molecule has 2 nitrogen and oxygen atoms in total. The normalized spacial score (nSPS) is 10.2. The van der Waals surface area contributed by atoms with Crippen LogP contribution in [0.4, 0.5) is 4.39 Å². The summed E-state index contributed by atoms with van der Waals surface area (Å²) in [6.45, 7) is 0. The minimum Gasteiger partial charge on any atom is -0.497 e. The average molecular weight is 266 g/mol. The molecule has 4 heteroatoms. The van der Waals surface area contributed by atoms with Crippen molar-refractivity contribution in [1.82, 2.24) is 0 Å². The Balaban J connectivity index is 2.55. The zero-order valence-corrected chi connectivity index (χ0v) is 10.7. The molecule has 0 unspecified atom stereocenters. The molecule has 0 N–H and O–H groups in total. The van der Waals surface area contributed by atoms with Crippen LogP contribution in [-0.2, 0) is 0 Å². The Bertz CT molecular complexity index is 547. The van der Waals surface area contributed by atoms with E-state index in [0.717, 1.165) is 5.56 Å². The third-order valence-corrected chi connectivity index (χ3v) is 2.80. The van der Waals surface area contributed by atoms with Gasteiger partial charge in [0.15, 0.2) is 0 Å². The third kappa shape index (κ3) is 2.57. The number of methoxy groups -OCH3 is 2. The van der Waals surface area contributed by atoms with E-state index >= 15 is 0 Å². The van der Waals surface area contributed by atoms with Crippen molar-refractivity contribution in [3.05, 3.63) is 47.2 Å². The minimum atomic E-state index is -0.418. The Hall–Kier alpha value is -1.74. The first-order chi connectivity index (χ1) is 8.63. The van der Waals surface area contributed by atoms with Crippen molar-refractivity contribution in [2.75, 3.05) is 14.2 Å². The van der Waals surface area contributed by atoms with Gasteiger partial charge in [-0.1, -0.05) is 11.6 Å². The number of halogens is 2. The van der Waals surface area contributed by atoms with Crippen molar-refractivity contribution in [2.45, 2.75) is 0 Å². The van der Waals surface area contributed by atoms with Gasteiger partial charge in [0, 0.05) is 11.6 Å². The standard InChI is InChI=1S/C14H11ClFO2/c1-17-11-5-9(6-12(8-11)18-2)13-4-3-10(16)7-14(13)15/h3,5-8H,1-2H3. The van der Waals surface area contributed by atoms with Crippen LogP contribution >= 0.6 is 11.6 Å². The molecule has 0 heterocycles. The fourth-order valence-corrected chi connectivity index (χ4v) is 1.89. The van der Waals surface area contributed by atoms with Crippen molar-refractivity contribution in [2.24, 2.45) is 0 Å². The molecule has 0 atom stereocenters. The number of rotatable bonds is 3. The molecular formula is C14H11ClFO2. The highest BCUT2D eigenvalue weighted by Crippen LogP contribution is 2.33. The van der Waals surface area contributed by atoms with Gasteiger partial charge < -0.3 is 9.47 Å². The van der Waals surface area contributed by atoms with Gasteiger partial charge in [0.05, 0.1) is 19.2 Å². The van der Waals surface area contributed by atoms with Crippen LogP contribution in [0.1, 0.15) is 0 Å². The predicted octanol–water partition coefficient (Wildman–Crippen LogP) is 3.96. The van der Waals surface area contributed by atoms with E-state index in [1.165, 1.54) is 12.1 Å².